The zero-order chi connectivity index (χ0) is 16.8. The first-order valence-corrected chi connectivity index (χ1v) is 8.61. The maximum absolute atomic E-state index is 12.3. The summed E-state index contributed by atoms with van der Waals surface area (Å²) >= 11 is 0. The van der Waals surface area contributed by atoms with Gasteiger partial charge in [-0.15, -0.1) is 0 Å². The molecular weight excluding hydrogens is 298 g/mol. The minimum atomic E-state index is -0.00318. The van der Waals surface area contributed by atoms with Gasteiger partial charge in [-0.2, -0.15) is 0 Å². The van der Waals surface area contributed by atoms with Gasteiger partial charge in [0.1, 0.15) is 0 Å². The number of benzene rings is 2. The lowest BCUT2D eigenvalue weighted by atomic mass is 10.1. The molecule has 1 aliphatic heterocycles. The van der Waals surface area contributed by atoms with E-state index in [0.717, 1.165) is 38.3 Å². The Morgan fingerprint density at radius 3 is 2.17 bits per heavy atom. The number of carbonyl (C=O) groups is 1. The Morgan fingerprint density at radius 2 is 1.54 bits per heavy atom. The van der Waals surface area contributed by atoms with Crippen LogP contribution >= 0.6 is 0 Å². The maximum atomic E-state index is 12.3. The maximum Gasteiger partial charge on any atom is 0.321 e. The van der Waals surface area contributed by atoms with Crippen LogP contribution in [0.15, 0.2) is 60.7 Å². The standard InChI is InChI=1S/C20H25N3O/c1-17(16-18-8-4-2-5-9-18)22-12-14-23(15-13-22)20(24)21-19-10-6-3-7-11-19/h2-11,17H,12-16H2,1H3,(H,21,24). The van der Waals surface area contributed by atoms with Gasteiger partial charge in [0.05, 0.1) is 0 Å². The molecule has 1 unspecified atom stereocenters. The molecule has 3 rings (SSSR count). The highest BCUT2D eigenvalue weighted by Crippen LogP contribution is 2.13. The number of para-hydroxylation sites is 1. The third-order valence-corrected chi connectivity index (χ3v) is 4.62. The van der Waals surface area contributed by atoms with Crippen LogP contribution in [-0.2, 0) is 6.42 Å². The third kappa shape index (κ3) is 4.36. The number of carbonyl (C=O) groups excluding carboxylic acids is 1. The smallest absolute Gasteiger partial charge is 0.321 e. The number of hydrogen-bond donors (Lipinski definition) is 1. The van der Waals surface area contributed by atoms with Gasteiger partial charge in [-0.25, -0.2) is 4.79 Å². The average Bonchev–Trinajstić information content (AvgIpc) is 2.63. The lowest BCUT2D eigenvalue weighted by Crippen LogP contribution is -2.52. The molecule has 1 fully saturated rings. The number of amides is 2. The van der Waals surface area contributed by atoms with Crippen molar-refractivity contribution in [2.45, 2.75) is 19.4 Å². The molecule has 24 heavy (non-hydrogen) atoms. The van der Waals surface area contributed by atoms with Gasteiger partial charge in [0, 0.05) is 37.9 Å². The number of urea groups is 1. The predicted molar refractivity (Wildman–Crippen MR) is 98.2 cm³/mol. The molecule has 1 aliphatic rings. The van der Waals surface area contributed by atoms with Gasteiger partial charge in [-0.1, -0.05) is 48.5 Å². The van der Waals surface area contributed by atoms with E-state index in [-0.39, 0.29) is 6.03 Å². The van der Waals surface area contributed by atoms with Gasteiger partial charge in [-0.3, -0.25) is 4.90 Å². The van der Waals surface area contributed by atoms with Gasteiger partial charge < -0.3 is 10.2 Å². The molecule has 1 saturated heterocycles. The first kappa shape index (κ1) is 16.5. The van der Waals surface area contributed by atoms with Crippen molar-refractivity contribution < 1.29 is 4.79 Å². The van der Waals surface area contributed by atoms with Crippen molar-refractivity contribution in [2.24, 2.45) is 0 Å². The summed E-state index contributed by atoms with van der Waals surface area (Å²) in [5.41, 5.74) is 2.22. The molecule has 0 saturated carbocycles. The SMILES string of the molecule is CC(Cc1ccccc1)N1CCN(C(=O)Nc2ccccc2)CC1. The summed E-state index contributed by atoms with van der Waals surface area (Å²) in [5, 5.41) is 2.96. The summed E-state index contributed by atoms with van der Waals surface area (Å²) in [6.07, 6.45) is 1.05. The lowest BCUT2D eigenvalue weighted by Gasteiger charge is -2.38. The van der Waals surface area contributed by atoms with Crippen molar-refractivity contribution in [1.82, 2.24) is 9.80 Å². The van der Waals surface area contributed by atoms with Crippen LogP contribution in [0.5, 0.6) is 0 Å². The molecule has 2 amide bonds. The third-order valence-electron chi connectivity index (χ3n) is 4.62. The second-order valence-electron chi connectivity index (χ2n) is 6.36. The molecule has 1 N–H and O–H groups in total. The molecule has 0 radical (unpaired) electrons. The molecule has 2 aromatic rings. The van der Waals surface area contributed by atoms with Crippen molar-refractivity contribution in [2.75, 3.05) is 31.5 Å². The summed E-state index contributed by atoms with van der Waals surface area (Å²) < 4.78 is 0. The second kappa shape index (κ2) is 7.97. The fourth-order valence-electron chi connectivity index (χ4n) is 3.17. The van der Waals surface area contributed by atoms with Gasteiger partial charge in [0.2, 0.25) is 0 Å². The van der Waals surface area contributed by atoms with Crippen molar-refractivity contribution in [3.8, 4) is 0 Å². The molecule has 0 aromatic heterocycles. The molecule has 1 heterocycles. The zero-order valence-corrected chi connectivity index (χ0v) is 14.2. The lowest BCUT2D eigenvalue weighted by molar-refractivity contribution is 0.119. The van der Waals surface area contributed by atoms with Crippen LogP contribution in [0, 0.1) is 0 Å². The minimum Gasteiger partial charge on any atom is -0.322 e. The van der Waals surface area contributed by atoms with E-state index in [1.807, 2.05) is 35.2 Å². The van der Waals surface area contributed by atoms with E-state index in [4.69, 9.17) is 0 Å². The number of nitrogens with one attached hydrogen (secondary N) is 1. The highest BCUT2D eigenvalue weighted by Gasteiger charge is 2.24. The topological polar surface area (TPSA) is 35.6 Å². The van der Waals surface area contributed by atoms with E-state index < -0.39 is 0 Å². The van der Waals surface area contributed by atoms with E-state index >= 15 is 0 Å². The summed E-state index contributed by atoms with van der Waals surface area (Å²) in [4.78, 5) is 16.7. The van der Waals surface area contributed by atoms with Crippen LogP contribution in [0.3, 0.4) is 0 Å². The molecule has 1 atom stereocenters. The molecule has 0 aliphatic carbocycles. The molecule has 2 aromatic carbocycles. The largest absolute Gasteiger partial charge is 0.322 e. The van der Waals surface area contributed by atoms with Crippen LogP contribution in [0.4, 0.5) is 10.5 Å². The predicted octanol–water partition coefficient (Wildman–Crippen LogP) is 3.47. The van der Waals surface area contributed by atoms with Crippen molar-refractivity contribution in [1.29, 1.82) is 0 Å². The molecule has 0 bridgehead atoms. The highest BCUT2D eigenvalue weighted by atomic mass is 16.2. The first-order valence-electron chi connectivity index (χ1n) is 8.61. The van der Waals surface area contributed by atoms with Crippen molar-refractivity contribution >= 4 is 11.7 Å². The number of anilines is 1. The Kier molecular flexibility index (Phi) is 5.49. The summed E-state index contributed by atoms with van der Waals surface area (Å²) in [7, 11) is 0. The summed E-state index contributed by atoms with van der Waals surface area (Å²) in [6.45, 7) is 5.68. The van der Waals surface area contributed by atoms with E-state index in [9.17, 15) is 4.79 Å². The number of piperazine rings is 1. The van der Waals surface area contributed by atoms with Crippen LogP contribution in [0.2, 0.25) is 0 Å². The molecular formula is C20H25N3O. The fourth-order valence-corrected chi connectivity index (χ4v) is 3.17. The van der Waals surface area contributed by atoms with E-state index in [0.29, 0.717) is 6.04 Å². The Morgan fingerprint density at radius 1 is 0.958 bits per heavy atom. The molecule has 4 nitrogen and oxygen atoms in total. The van der Waals surface area contributed by atoms with Gasteiger partial charge >= 0.3 is 6.03 Å². The van der Waals surface area contributed by atoms with Crippen molar-refractivity contribution in [3.63, 3.8) is 0 Å². The number of nitrogens with zero attached hydrogens (tertiary/aromatic N) is 2. The van der Waals surface area contributed by atoms with Crippen LogP contribution in [-0.4, -0.2) is 48.1 Å². The normalized spacial score (nSPS) is 16.6. The first-order chi connectivity index (χ1) is 11.7. The average molecular weight is 323 g/mol. The van der Waals surface area contributed by atoms with Gasteiger partial charge in [0.25, 0.3) is 0 Å². The highest BCUT2D eigenvalue weighted by molar-refractivity contribution is 5.89. The van der Waals surface area contributed by atoms with Crippen molar-refractivity contribution in [3.05, 3.63) is 66.2 Å². The minimum absolute atomic E-state index is 0.00318. The van der Waals surface area contributed by atoms with Gasteiger partial charge in [-0.05, 0) is 31.0 Å². The van der Waals surface area contributed by atoms with E-state index in [2.05, 4.69) is 47.5 Å². The Hall–Kier alpha value is -2.33. The van der Waals surface area contributed by atoms with E-state index in [1.165, 1.54) is 5.56 Å². The fraction of sp³-hybridized carbons (Fsp3) is 0.350. The van der Waals surface area contributed by atoms with Crippen LogP contribution in [0.1, 0.15) is 12.5 Å². The molecule has 4 heteroatoms. The number of rotatable bonds is 4. The molecule has 126 valence electrons. The second-order valence-corrected chi connectivity index (χ2v) is 6.36. The zero-order valence-electron chi connectivity index (χ0n) is 14.2. The Bertz CT molecular complexity index is 636. The molecule has 0 spiro atoms. The summed E-state index contributed by atoms with van der Waals surface area (Å²) in [6, 6.07) is 20.7. The monoisotopic (exact) mass is 323 g/mol. The van der Waals surface area contributed by atoms with Gasteiger partial charge in [0.15, 0.2) is 0 Å². The Balaban J connectivity index is 1.47. The summed E-state index contributed by atoms with van der Waals surface area (Å²) in [5.74, 6) is 0. The van der Waals surface area contributed by atoms with Crippen LogP contribution in [0.25, 0.3) is 0 Å². The quantitative estimate of drug-likeness (QED) is 0.935. The Labute approximate surface area is 144 Å². The number of hydrogen-bond acceptors (Lipinski definition) is 2. The van der Waals surface area contributed by atoms with Crippen LogP contribution < -0.4 is 5.32 Å². The van der Waals surface area contributed by atoms with E-state index in [1.54, 1.807) is 0 Å².